The maximum atomic E-state index is 12.9. The number of fused-ring (bicyclic) bond motifs is 2. The second kappa shape index (κ2) is 11.5. The molecule has 0 radical (unpaired) electrons. The molecule has 0 saturated heterocycles. The molecule has 186 valence electrons. The highest BCUT2D eigenvalue weighted by molar-refractivity contribution is 7.99. The van der Waals surface area contributed by atoms with E-state index in [0.29, 0.717) is 32.5 Å². The first kappa shape index (κ1) is 24.8. The van der Waals surface area contributed by atoms with Crippen molar-refractivity contribution >= 4 is 61.7 Å². The number of carbonyl (C=O) groups is 2. The molecule has 0 bridgehead atoms. The van der Waals surface area contributed by atoms with E-state index >= 15 is 0 Å². The topological polar surface area (TPSA) is 71.5 Å². The number of rotatable bonds is 8. The lowest BCUT2D eigenvalue weighted by atomic mass is 10.0. The summed E-state index contributed by atoms with van der Waals surface area (Å²) >= 11 is 4.95. The first-order valence-corrected chi connectivity index (χ1v) is 14.6. The molecule has 0 atom stereocenters. The molecule has 4 aromatic rings. The van der Waals surface area contributed by atoms with E-state index < -0.39 is 0 Å². The van der Waals surface area contributed by atoms with Gasteiger partial charge in [-0.1, -0.05) is 30.3 Å². The van der Waals surface area contributed by atoms with Gasteiger partial charge in [-0.05, 0) is 55.3 Å². The number of carbonyl (C=O) groups excluding carboxylic acids is 2. The van der Waals surface area contributed by atoms with Crippen LogP contribution >= 0.6 is 34.4 Å². The Kier molecular flexibility index (Phi) is 7.89. The third-order valence-electron chi connectivity index (χ3n) is 5.90. The first-order valence-electron chi connectivity index (χ1n) is 12.0. The molecule has 6 nitrogen and oxygen atoms in total. The number of anilines is 1. The highest BCUT2D eigenvalue weighted by Crippen LogP contribution is 2.45. The maximum Gasteiger partial charge on any atom is 0.410 e. The SMILES string of the molecule is CCOC(=O)N1CCc2c(sc(NC(=O)CCCSc3ccccc3)c2-c2nc3ccccc3s2)C1. The zero-order valence-corrected chi connectivity index (χ0v) is 22.4. The molecule has 2 aromatic carbocycles. The average Bonchev–Trinajstić information content (AvgIpc) is 3.47. The molecule has 36 heavy (non-hydrogen) atoms. The van der Waals surface area contributed by atoms with Gasteiger partial charge in [0.05, 0.1) is 23.4 Å². The predicted octanol–water partition coefficient (Wildman–Crippen LogP) is 7.05. The van der Waals surface area contributed by atoms with E-state index in [1.54, 1.807) is 39.3 Å². The van der Waals surface area contributed by atoms with Crippen molar-refractivity contribution in [2.24, 2.45) is 0 Å². The van der Waals surface area contributed by atoms with E-state index in [4.69, 9.17) is 9.72 Å². The van der Waals surface area contributed by atoms with Crippen molar-refractivity contribution in [3.63, 3.8) is 0 Å². The number of thiazole rings is 1. The molecule has 0 saturated carbocycles. The number of para-hydroxylation sites is 1. The Labute approximate surface area is 222 Å². The number of thioether (sulfide) groups is 1. The molecule has 1 N–H and O–H groups in total. The summed E-state index contributed by atoms with van der Waals surface area (Å²) in [5, 5.41) is 4.92. The fourth-order valence-corrected chi connectivity index (χ4v) is 7.46. The van der Waals surface area contributed by atoms with Gasteiger partial charge in [0.25, 0.3) is 0 Å². The van der Waals surface area contributed by atoms with Crippen LogP contribution in [0.1, 0.15) is 30.2 Å². The summed E-state index contributed by atoms with van der Waals surface area (Å²) in [5.41, 5.74) is 3.14. The average molecular weight is 538 g/mol. The van der Waals surface area contributed by atoms with E-state index in [-0.39, 0.29) is 12.0 Å². The highest BCUT2D eigenvalue weighted by Gasteiger charge is 2.30. The molecule has 1 aliphatic heterocycles. The van der Waals surface area contributed by atoms with E-state index in [2.05, 4.69) is 23.5 Å². The Bertz CT molecular complexity index is 1330. The summed E-state index contributed by atoms with van der Waals surface area (Å²) in [5.74, 6) is 0.893. The van der Waals surface area contributed by atoms with Gasteiger partial charge in [0.15, 0.2) is 0 Å². The third kappa shape index (κ3) is 5.58. The zero-order valence-electron chi connectivity index (χ0n) is 20.0. The van der Waals surface area contributed by atoms with Crippen LogP contribution in [0.25, 0.3) is 20.8 Å². The molecule has 5 rings (SSSR count). The van der Waals surface area contributed by atoms with Crippen LogP contribution in [0.4, 0.5) is 9.80 Å². The minimum absolute atomic E-state index is 0.00636. The van der Waals surface area contributed by atoms with Crippen LogP contribution in [0, 0.1) is 0 Å². The van der Waals surface area contributed by atoms with Crippen molar-refractivity contribution in [1.82, 2.24) is 9.88 Å². The Morgan fingerprint density at radius 3 is 2.72 bits per heavy atom. The van der Waals surface area contributed by atoms with Gasteiger partial charge in [-0.3, -0.25) is 4.79 Å². The van der Waals surface area contributed by atoms with Crippen LogP contribution in [0.15, 0.2) is 59.5 Å². The summed E-state index contributed by atoms with van der Waals surface area (Å²) in [6.45, 7) is 3.24. The van der Waals surface area contributed by atoms with Crippen molar-refractivity contribution in [2.45, 2.75) is 37.6 Å². The van der Waals surface area contributed by atoms with Gasteiger partial charge in [-0.15, -0.1) is 34.4 Å². The van der Waals surface area contributed by atoms with Crippen LogP contribution in [-0.4, -0.2) is 40.8 Å². The number of nitrogens with zero attached hydrogens (tertiary/aromatic N) is 2. The number of thiophene rings is 1. The Morgan fingerprint density at radius 2 is 1.92 bits per heavy atom. The minimum Gasteiger partial charge on any atom is -0.450 e. The number of benzene rings is 2. The summed E-state index contributed by atoms with van der Waals surface area (Å²) in [7, 11) is 0. The summed E-state index contributed by atoms with van der Waals surface area (Å²) in [6, 6.07) is 18.3. The van der Waals surface area contributed by atoms with Crippen LogP contribution in [0.2, 0.25) is 0 Å². The van der Waals surface area contributed by atoms with Crippen LogP contribution in [-0.2, 0) is 22.5 Å². The molecule has 0 aliphatic carbocycles. The molecule has 0 fully saturated rings. The van der Waals surface area contributed by atoms with Gasteiger partial charge in [-0.2, -0.15) is 0 Å². The second-order valence-electron chi connectivity index (χ2n) is 8.38. The van der Waals surface area contributed by atoms with Gasteiger partial charge in [0.2, 0.25) is 5.91 Å². The Hall–Kier alpha value is -2.88. The zero-order chi connectivity index (χ0) is 24.9. The molecule has 3 heterocycles. The standard InChI is InChI=1S/C27H27N3O3S3/c1-2-33-27(32)30-15-14-19-22(17-30)36-26(24(19)25-28-20-11-6-7-12-21(20)35-25)29-23(31)13-8-16-34-18-9-4-3-5-10-18/h3-7,9-12H,2,8,13-17H2,1H3,(H,29,31). The van der Waals surface area contributed by atoms with Crippen LogP contribution in [0.5, 0.6) is 0 Å². The van der Waals surface area contributed by atoms with Crippen molar-refractivity contribution in [1.29, 1.82) is 0 Å². The molecule has 0 spiro atoms. The lowest BCUT2D eigenvalue weighted by Crippen LogP contribution is -2.35. The number of ether oxygens (including phenoxy) is 1. The van der Waals surface area contributed by atoms with E-state index in [9.17, 15) is 9.59 Å². The van der Waals surface area contributed by atoms with Crippen molar-refractivity contribution < 1.29 is 14.3 Å². The number of aromatic nitrogens is 1. The first-order chi connectivity index (χ1) is 17.6. The Morgan fingerprint density at radius 1 is 1.11 bits per heavy atom. The molecule has 2 amide bonds. The summed E-state index contributed by atoms with van der Waals surface area (Å²) < 4.78 is 6.34. The number of nitrogens with one attached hydrogen (secondary N) is 1. The van der Waals surface area contributed by atoms with E-state index in [1.807, 2.05) is 43.3 Å². The number of amides is 2. The molecular weight excluding hydrogens is 511 g/mol. The number of hydrogen-bond donors (Lipinski definition) is 1. The van der Waals surface area contributed by atoms with E-state index in [1.165, 1.54) is 10.5 Å². The van der Waals surface area contributed by atoms with Gasteiger partial charge in [-0.25, -0.2) is 9.78 Å². The monoisotopic (exact) mass is 537 g/mol. The molecule has 2 aromatic heterocycles. The smallest absolute Gasteiger partial charge is 0.410 e. The fraction of sp³-hybridized carbons (Fsp3) is 0.296. The van der Waals surface area contributed by atoms with E-state index in [0.717, 1.165) is 42.8 Å². The van der Waals surface area contributed by atoms with Crippen LogP contribution in [0.3, 0.4) is 0 Å². The predicted molar refractivity (Wildman–Crippen MR) is 149 cm³/mol. The molecular formula is C27H27N3O3S3. The minimum atomic E-state index is -0.292. The molecule has 9 heteroatoms. The quantitative estimate of drug-likeness (QED) is 0.193. The lowest BCUT2D eigenvalue weighted by Gasteiger charge is -2.26. The van der Waals surface area contributed by atoms with Crippen molar-refractivity contribution in [2.75, 3.05) is 24.2 Å². The number of hydrogen-bond acceptors (Lipinski definition) is 7. The highest BCUT2D eigenvalue weighted by atomic mass is 32.2. The third-order valence-corrected chi connectivity index (χ3v) is 9.19. The second-order valence-corrected chi connectivity index (χ2v) is 11.7. The molecule has 1 aliphatic rings. The Balaban J connectivity index is 1.35. The summed E-state index contributed by atoms with van der Waals surface area (Å²) in [6.07, 6.45) is 1.67. The van der Waals surface area contributed by atoms with Crippen molar-refractivity contribution in [3.8, 4) is 10.6 Å². The fourth-order valence-electron chi connectivity index (χ4n) is 4.20. The van der Waals surface area contributed by atoms with Gasteiger partial charge < -0.3 is 15.0 Å². The van der Waals surface area contributed by atoms with Gasteiger partial charge >= 0.3 is 6.09 Å². The lowest BCUT2D eigenvalue weighted by molar-refractivity contribution is -0.116. The van der Waals surface area contributed by atoms with Gasteiger partial charge in [0, 0.05) is 28.3 Å². The van der Waals surface area contributed by atoms with Crippen molar-refractivity contribution in [3.05, 3.63) is 65.0 Å². The largest absolute Gasteiger partial charge is 0.450 e. The maximum absolute atomic E-state index is 12.9. The van der Waals surface area contributed by atoms with Crippen LogP contribution < -0.4 is 5.32 Å². The normalized spacial score (nSPS) is 13.0. The van der Waals surface area contributed by atoms with Gasteiger partial charge in [0.1, 0.15) is 10.0 Å². The summed E-state index contributed by atoms with van der Waals surface area (Å²) in [4.78, 5) is 34.2. The molecule has 0 unspecified atom stereocenters.